The first-order valence-electron chi connectivity index (χ1n) is 20.3. The lowest BCUT2D eigenvalue weighted by Gasteiger charge is -2.37. The summed E-state index contributed by atoms with van der Waals surface area (Å²) < 4.78 is 38.3. The molecule has 5 amide bonds. The lowest BCUT2D eigenvalue weighted by molar-refractivity contribution is -0.197. The fourth-order valence-corrected chi connectivity index (χ4v) is 5.10. The second-order valence-corrected chi connectivity index (χ2v) is 13.0. The van der Waals surface area contributed by atoms with Crippen LogP contribution in [0.5, 0.6) is 0 Å². The summed E-state index contributed by atoms with van der Waals surface area (Å²) in [6, 6.07) is 0. The molecular formula is C43H69N5O12. The van der Waals surface area contributed by atoms with E-state index in [9.17, 15) is 28.8 Å². The van der Waals surface area contributed by atoms with Crippen LogP contribution in [0, 0.1) is 0 Å². The quantitative estimate of drug-likeness (QED) is 0.0440. The van der Waals surface area contributed by atoms with Crippen molar-refractivity contribution in [3.8, 4) is 0 Å². The van der Waals surface area contributed by atoms with Crippen LogP contribution in [0.2, 0.25) is 0 Å². The number of carbonyl (C=O) groups is 6. The van der Waals surface area contributed by atoms with Crippen LogP contribution in [0.1, 0.15) is 51.4 Å². The molecule has 0 fully saturated rings. The van der Waals surface area contributed by atoms with Crippen molar-refractivity contribution in [2.24, 2.45) is 0 Å². The van der Waals surface area contributed by atoms with Gasteiger partial charge in [-0.25, -0.2) is 0 Å². The molecule has 0 saturated carbocycles. The first kappa shape index (κ1) is 55.2. The molecule has 0 aromatic rings. The first-order valence-corrected chi connectivity index (χ1v) is 20.3. The SMILES string of the molecule is C=CC(=O)CCCCOC[C@@H](OCCCNC(=O)C=C)[C@@H](OCCCNC(=O)C=C)[C@H](OCCCNC(=O)C=C)[C@@H](COCCCNC(=O)C=C)OCCCNC(=O)C=C. The number of amides is 5. The molecule has 5 N–H and O–H groups in total. The van der Waals surface area contributed by atoms with Crippen LogP contribution >= 0.6 is 0 Å². The number of unbranched alkanes of at least 4 members (excludes halogenated alkanes) is 1. The Morgan fingerprint density at radius 3 is 1.00 bits per heavy atom. The zero-order valence-electron chi connectivity index (χ0n) is 35.3. The molecule has 17 heteroatoms. The number of nitrogens with one attached hydrogen (secondary N) is 5. The minimum absolute atomic E-state index is 0.0278. The molecule has 0 aromatic heterocycles. The molecule has 0 heterocycles. The molecule has 0 spiro atoms. The molecule has 0 aromatic carbocycles. The second kappa shape index (κ2) is 38.4. The monoisotopic (exact) mass is 847 g/mol. The van der Waals surface area contributed by atoms with Gasteiger partial charge in [-0.05, 0) is 81.4 Å². The molecule has 4 atom stereocenters. The van der Waals surface area contributed by atoms with Crippen molar-refractivity contribution in [2.75, 3.05) is 85.6 Å². The van der Waals surface area contributed by atoms with Crippen LogP contribution in [-0.4, -0.2) is 145 Å². The van der Waals surface area contributed by atoms with E-state index in [-0.39, 0.29) is 81.6 Å². The molecule has 0 aliphatic heterocycles. The van der Waals surface area contributed by atoms with Crippen LogP contribution in [0.3, 0.4) is 0 Å². The maximum atomic E-state index is 11.8. The molecule has 0 aliphatic carbocycles. The number of ketones is 1. The van der Waals surface area contributed by atoms with Crippen molar-refractivity contribution in [3.63, 3.8) is 0 Å². The number of hydrogen-bond acceptors (Lipinski definition) is 12. The fourth-order valence-electron chi connectivity index (χ4n) is 5.10. The minimum atomic E-state index is -0.870. The normalized spacial score (nSPS) is 12.7. The summed E-state index contributed by atoms with van der Waals surface area (Å²) in [5, 5.41) is 13.6. The Balaban J connectivity index is 6.71. The van der Waals surface area contributed by atoms with Gasteiger partial charge in [-0.15, -0.1) is 0 Å². The lowest BCUT2D eigenvalue weighted by atomic mass is 10.0. The van der Waals surface area contributed by atoms with Gasteiger partial charge in [-0.1, -0.05) is 39.5 Å². The van der Waals surface area contributed by atoms with Crippen LogP contribution in [-0.2, 0) is 57.2 Å². The molecule has 60 heavy (non-hydrogen) atoms. The summed E-state index contributed by atoms with van der Waals surface area (Å²) in [7, 11) is 0. The van der Waals surface area contributed by atoms with E-state index in [2.05, 4.69) is 66.1 Å². The van der Waals surface area contributed by atoms with Gasteiger partial charge in [0.05, 0.1) is 13.2 Å². The number of ether oxygens (including phenoxy) is 6. The summed E-state index contributed by atoms with van der Waals surface area (Å²) in [4.78, 5) is 70.7. The summed E-state index contributed by atoms with van der Waals surface area (Å²) in [5.41, 5.74) is 0. The Labute approximate surface area is 355 Å². The third-order valence-electron chi connectivity index (χ3n) is 8.27. The van der Waals surface area contributed by atoms with Crippen LogP contribution in [0.25, 0.3) is 0 Å². The van der Waals surface area contributed by atoms with Gasteiger partial charge in [0.1, 0.15) is 24.4 Å². The van der Waals surface area contributed by atoms with E-state index >= 15 is 0 Å². The highest BCUT2D eigenvalue weighted by atomic mass is 16.6. The Bertz CT molecular complexity index is 1230. The highest BCUT2D eigenvalue weighted by Gasteiger charge is 2.38. The van der Waals surface area contributed by atoms with Crippen molar-refractivity contribution >= 4 is 35.3 Å². The molecule has 338 valence electrons. The Morgan fingerprint density at radius 2 is 0.683 bits per heavy atom. The standard InChI is InChI=1S/C43H69N5O12/c1-7-34(49)20-13-14-26-55-32-35(57-28-16-22-45-38(51)9-3)42(59-30-18-24-47-40(53)11-5)43(60-31-19-25-48-41(54)12-6)36(58-29-17-23-46-39(52)10-4)33-56-27-15-21-44-37(50)8-2/h7-12,35-36,42-43H,1-6,13-33H2,(H,44,50)(H,45,51)(H,46,52)(H,47,53)(H,48,54)/t35-,36-,42-,43-/m1/s1. The second-order valence-electron chi connectivity index (χ2n) is 13.0. The summed E-state index contributed by atoms with van der Waals surface area (Å²) in [6.07, 6.45) is 7.64. The van der Waals surface area contributed by atoms with Crippen molar-refractivity contribution < 1.29 is 57.2 Å². The number of allylic oxidation sites excluding steroid dienone is 1. The predicted octanol–water partition coefficient (Wildman–Crippen LogP) is 1.95. The average molecular weight is 848 g/mol. The Kier molecular flexibility index (Phi) is 35.4. The van der Waals surface area contributed by atoms with Crippen molar-refractivity contribution in [2.45, 2.75) is 75.8 Å². The van der Waals surface area contributed by atoms with E-state index < -0.39 is 24.4 Å². The van der Waals surface area contributed by atoms with Crippen LogP contribution < -0.4 is 26.6 Å². The van der Waals surface area contributed by atoms with Gasteiger partial charge in [-0.3, -0.25) is 28.8 Å². The summed E-state index contributed by atoms with van der Waals surface area (Å²) in [5.74, 6) is -1.66. The third kappa shape index (κ3) is 30.3. The average Bonchev–Trinajstić information content (AvgIpc) is 3.26. The molecule has 0 unspecified atom stereocenters. The zero-order chi connectivity index (χ0) is 44.6. The topological polar surface area (TPSA) is 218 Å². The van der Waals surface area contributed by atoms with Gasteiger partial charge in [0.25, 0.3) is 0 Å². The highest BCUT2D eigenvalue weighted by molar-refractivity contribution is 5.89. The maximum absolute atomic E-state index is 11.8. The fraction of sp³-hybridized carbons (Fsp3) is 0.581. The molecule has 0 bridgehead atoms. The van der Waals surface area contributed by atoms with Gasteiger partial charge < -0.3 is 55.0 Å². The molecule has 0 aliphatic rings. The summed E-state index contributed by atoms with van der Waals surface area (Å²) in [6.45, 7) is 23.8. The van der Waals surface area contributed by atoms with Crippen molar-refractivity contribution in [1.29, 1.82) is 0 Å². The Morgan fingerprint density at radius 1 is 0.383 bits per heavy atom. The Hall–Kier alpha value is -4.78. The smallest absolute Gasteiger partial charge is 0.243 e. The number of carbonyl (C=O) groups excluding carboxylic acids is 6. The zero-order valence-corrected chi connectivity index (χ0v) is 35.3. The molecular weight excluding hydrogens is 778 g/mol. The maximum Gasteiger partial charge on any atom is 0.243 e. The first-order chi connectivity index (χ1) is 29.1. The predicted molar refractivity (Wildman–Crippen MR) is 229 cm³/mol. The van der Waals surface area contributed by atoms with E-state index in [0.717, 1.165) is 0 Å². The minimum Gasteiger partial charge on any atom is -0.379 e. The van der Waals surface area contributed by atoms with E-state index in [1.807, 2.05) is 0 Å². The van der Waals surface area contributed by atoms with E-state index in [1.165, 1.54) is 36.5 Å². The van der Waals surface area contributed by atoms with Gasteiger partial charge >= 0.3 is 0 Å². The molecule has 0 radical (unpaired) electrons. The van der Waals surface area contributed by atoms with Crippen molar-refractivity contribution in [1.82, 2.24) is 26.6 Å². The highest BCUT2D eigenvalue weighted by Crippen LogP contribution is 2.21. The third-order valence-corrected chi connectivity index (χ3v) is 8.27. The summed E-state index contributed by atoms with van der Waals surface area (Å²) >= 11 is 0. The van der Waals surface area contributed by atoms with E-state index in [1.54, 1.807) is 0 Å². The number of rotatable bonds is 42. The molecule has 0 saturated heterocycles. The molecule has 17 nitrogen and oxygen atoms in total. The van der Waals surface area contributed by atoms with Crippen LogP contribution in [0.15, 0.2) is 75.9 Å². The van der Waals surface area contributed by atoms with Crippen molar-refractivity contribution in [3.05, 3.63) is 75.9 Å². The molecule has 0 rings (SSSR count). The van der Waals surface area contributed by atoms with Gasteiger partial charge in [-0.2, -0.15) is 0 Å². The van der Waals surface area contributed by atoms with Gasteiger partial charge in [0.15, 0.2) is 5.78 Å². The largest absolute Gasteiger partial charge is 0.379 e. The lowest BCUT2D eigenvalue weighted by Crippen LogP contribution is -2.53. The van der Waals surface area contributed by atoms with E-state index in [4.69, 9.17) is 28.4 Å². The van der Waals surface area contributed by atoms with Gasteiger partial charge in [0, 0.05) is 78.8 Å². The van der Waals surface area contributed by atoms with E-state index in [0.29, 0.717) is 90.7 Å². The van der Waals surface area contributed by atoms with Gasteiger partial charge in [0.2, 0.25) is 29.5 Å². The van der Waals surface area contributed by atoms with Crippen LogP contribution in [0.4, 0.5) is 0 Å². The number of hydrogen-bond donors (Lipinski definition) is 5.